The quantitative estimate of drug-likeness (QED) is 0.748. The van der Waals surface area contributed by atoms with E-state index in [0.29, 0.717) is 6.61 Å². The minimum Gasteiger partial charge on any atom is -0.383 e. The Balaban J connectivity index is 2.94. The maximum atomic E-state index is 12.2. The summed E-state index contributed by atoms with van der Waals surface area (Å²) in [7, 11) is 1.58. The molecule has 92 valence electrons. The smallest absolute Gasteiger partial charge is 0.248 e. The summed E-state index contributed by atoms with van der Waals surface area (Å²) < 4.78 is 5.03. The van der Waals surface area contributed by atoms with Gasteiger partial charge in [0, 0.05) is 7.11 Å². The van der Waals surface area contributed by atoms with Crippen LogP contribution in [0.5, 0.6) is 0 Å². The lowest BCUT2D eigenvalue weighted by molar-refractivity contribution is -0.156. The van der Waals surface area contributed by atoms with E-state index in [1.165, 1.54) is 0 Å². The van der Waals surface area contributed by atoms with Gasteiger partial charge in [-0.2, -0.15) is 0 Å². The molecule has 2 atom stereocenters. The van der Waals surface area contributed by atoms with Crippen molar-refractivity contribution in [1.29, 1.82) is 0 Å². The minimum absolute atomic E-state index is 0.0656. The van der Waals surface area contributed by atoms with Crippen LogP contribution in [0.2, 0.25) is 0 Å². The van der Waals surface area contributed by atoms with Gasteiger partial charge in [-0.25, -0.2) is 0 Å². The SMILES string of the molecule is COCC(C)N1C(=O)C(C)(C)NC(=O)C1C. The topological polar surface area (TPSA) is 58.6 Å². The van der Waals surface area contributed by atoms with Gasteiger partial charge < -0.3 is 15.0 Å². The highest BCUT2D eigenvalue weighted by molar-refractivity contribution is 5.99. The fraction of sp³-hybridized carbons (Fsp3) is 0.818. The van der Waals surface area contributed by atoms with Gasteiger partial charge in [-0.05, 0) is 27.7 Å². The first-order chi connectivity index (χ1) is 7.31. The second-order valence-electron chi connectivity index (χ2n) is 4.81. The molecule has 0 saturated carbocycles. The molecule has 1 fully saturated rings. The van der Waals surface area contributed by atoms with Gasteiger partial charge >= 0.3 is 0 Å². The highest BCUT2D eigenvalue weighted by Gasteiger charge is 2.44. The number of ether oxygens (including phenoxy) is 1. The second-order valence-corrected chi connectivity index (χ2v) is 4.81. The van der Waals surface area contributed by atoms with Crippen LogP contribution in [0.4, 0.5) is 0 Å². The van der Waals surface area contributed by atoms with Crippen LogP contribution < -0.4 is 5.32 Å². The molecule has 1 aliphatic rings. The van der Waals surface area contributed by atoms with Crippen molar-refractivity contribution in [2.45, 2.75) is 45.3 Å². The normalized spacial score (nSPS) is 26.6. The van der Waals surface area contributed by atoms with Crippen molar-refractivity contribution in [3.8, 4) is 0 Å². The third kappa shape index (κ3) is 2.19. The van der Waals surface area contributed by atoms with Gasteiger partial charge in [-0.1, -0.05) is 0 Å². The summed E-state index contributed by atoms with van der Waals surface area (Å²) >= 11 is 0. The zero-order valence-corrected chi connectivity index (χ0v) is 10.5. The first kappa shape index (κ1) is 13.0. The van der Waals surface area contributed by atoms with Crippen molar-refractivity contribution < 1.29 is 14.3 Å². The zero-order valence-electron chi connectivity index (χ0n) is 10.5. The van der Waals surface area contributed by atoms with E-state index in [2.05, 4.69) is 5.32 Å². The van der Waals surface area contributed by atoms with Gasteiger partial charge in [-0.15, -0.1) is 0 Å². The molecule has 0 aromatic rings. The van der Waals surface area contributed by atoms with E-state index < -0.39 is 11.6 Å². The van der Waals surface area contributed by atoms with Crippen LogP contribution in [0.1, 0.15) is 27.7 Å². The Hall–Kier alpha value is -1.10. The number of piperazine rings is 1. The van der Waals surface area contributed by atoms with Crippen LogP contribution in [-0.4, -0.2) is 48.1 Å². The van der Waals surface area contributed by atoms with Gasteiger partial charge in [0.25, 0.3) is 0 Å². The molecule has 2 unspecified atom stereocenters. The van der Waals surface area contributed by atoms with Gasteiger partial charge in [-0.3, -0.25) is 9.59 Å². The number of hydrogen-bond donors (Lipinski definition) is 1. The predicted molar refractivity (Wildman–Crippen MR) is 59.9 cm³/mol. The summed E-state index contributed by atoms with van der Waals surface area (Å²) in [5.41, 5.74) is -0.828. The summed E-state index contributed by atoms with van der Waals surface area (Å²) in [5.74, 6) is -0.184. The molecule has 5 nitrogen and oxygen atoms in total. The molecule has 1 saturated heterocycles. The second kappa shape index (κ2) is 4.41. The zero-order chi connectivity index (χ0) is 12.5. The Kier molecular flexibility index (Phi) is 3.57. The van der Waals surface area contributed by atoms with E-state index in [4.69, 9.17) is 4.74 Å². The number of carbonyl (C=O) groups excluding carboxylic acids is 2. The van der Waals surface area contributed by atoms with E-state index in [-0.39, 0.29) is 17.9 Å². The molecule has 0 bridgehead atoms. The molecule has 0 aromatic heterocycles. The largest absolute Gasteiger partial charge is 0.383 e. The van der Waals surface area contributed by atoms with Gasteiger partial charge in [0.1, 0.15) is 11.6 Å². The summed E-state index contributed by atoms with van der Waals surface area (Å²) in [4.78, 5) is 25.5. The number of nitrogens with zero attached hydrogens (tertiary/aromatic N) is 1. The average molecular weight is 228 g/mol. The third-order valence-corrected chi connectivity index (χ3v) is 2.88. The van der Waals surface area contributed by atoms with Crippen LogP contribution in [0.25, 0.3) is 0 Å². The molecule has 1 heterocycles. The molecule has 2 amide bonds. The molecule has 1 N–H and O–H groups in total. The fourth-order valence-corrected chi connectivity index (χ4v) is 1.99. The third-order valence-electron chi connectivity index (χ3n) is 2.88. The molecule has 5 heteroatoms. The van der Waals surface area contributed by atoms with E-state index in [1.807, 2.05) is 6.92 Å². The number of carbonyl (C=O) groups is 2. The lowest BCUT2D eigenvalue weighted by Gasteiger charge is -2.44. The highest BCUT2D eigenvalue weighted by Crippen LogP contribution is 2.20. The highest BCUT2D eigenvalue weighted by atomic mass is 16.5. The van der Waals surface area contributed by atoms with Crippen molar-refractivity contribution in [3.63, 3.8) is 0 Å². The number of hydrogen-bond acceptors (Lipinski definition) is 3. The lowest BCUT2D eigenvalue weighted by atomic mass is 9.96. The molecule has 0 radical (unpaired) electrons. The molecule has 1 aliphatic heterocycles. The van der Waals surface area contributed by atoms with Crippen LogP contribution in [0, 0.1) is 0 Å². The maximum absolute atomic E-state index is 12.2. The van der Waals surface area contributed by atoms with Crippen molar-refractivity contribution in [1.82, 2.24) is 10.2 Å². The molecule has 0 aromatic carbocycles. The summed E-state index contributed by atoms with van der Waals surface area (Å²) in [6.07, 6.45) is 0. The van der Waals surface area contributed by atoms with E-state index in [9.17, 15) is 9.59 Å². The summed E-state index contributed by atoms with van der Waals surface area (Å²) in [5, 5.41) is 2.71. The standard InChI is InChI=1S/C11H20N2O3/c1-7(6-16-5)13-8(2)9(14)12-11(3,4)10(13)15/h7-8H,6H2,1-5H3,(H,12,14). The Morgan fingerprint density at radius 2 is 2.06 bits per heavy atom. The van der Waals surface area contributed by atoms with E-state index in [1.54, 1.807) is 32.8 Å². The predicted octanol–water partition coefficient (Wildman–Crippen LogP) is 0.147. The average Bonchev–Trinajstić information content (AvgIpc) is 2.15. The van der Waals surface area contributed by atoms with Crippen molar-refractivity contribution in [2.24, 2.45) is 0 Å². The maximum Gasteiger partial charge on any atom is 0.248 e. The molecular weight excluding hydrogens is 208 g/mol. The van der Waals surface area contributed by atoms with Crippen LogP contribution in [0.3, 0.4) is 0 Å². The van der Waals surface area contributed by atoms with Crippen molar-refractivity contribution in [2.75, 3.05) is 13.7 Å². The van der Waals surface area contributed by atoms with Gasteiger partial charge in [0.2, 0.25) is 11.8 Å². The van der Waals surface area contributed by atoms with Crippen LogP contribution in [-0.2, 0) is 14.3 Å². The van der Waals surface area contributed by atoms with Crippen molar-refractivity contribution >= 4 is 11.8 Å². The van der Waals surface area contributed by atoms with Crippen LogP contribution in [0.15, 0.2) is 0 Å². The number of amides is 2. The monoisotopic (exact) mass is 228 g/mol. The first-order valence-corrected chi connectivity index (χ1v) is 5.45. The Labute approximate surface area is 96.1 Å². The van der Waals surface area contributed by atoms with E-state index in [0.717, 1.165) is 0 Å². The summed E-state index contributed by atoms with van der Waals surface area (Å²) in [6, 6.07) is -0.538. The molecular formula is C11H20N2O3. The van der Waals surface area contributed by atoms with Crippen LogP contribution >= 0.6 is 0 Å². The minimum atomic E-state index is -0.828. The lowest BCUT2D eigenvalue weighted by Crippen LogP contribution is -2.69. The Morgan fingerprint density at radius 1 is 1.50 bits per heavy atom. The fourth-order valence-electron chi connectivity index (χ4n) is 1.99. The van der Waals surface area contributed by atoms with E-state index >= 15 is 0 Å². The van der Waals surface area contributed by atoms with Gasteiger partial charge in [0.15, 0.2) is 0 Å². The number of nitrogens with one attached hydrogen (secondary N) is 1. The van der Waals surface area contributed by atoms with Gasteiger partial charge in [0.05, 0.1) is 12.6 Å². The number of methoxy groups -OCH3 is 1. The first-order valence-electron chi connectivity index (χ1n) is 5.45. The van der Waals surface area contributed by atoms with Crippen molar-refractivity contribution in [3.05, 3.63) is 0 Å². The molecule has 16 heavy (non-hydrogen) atoms. The Morgan fingerprint density at radius 3 is 2.56 bits per heavy atom. The Bertz CT molecular complexity index is 302. The number of rotatable bonds is 3. The molecule has 0 aliphatic carbocycles. The molecule has 0 spiro atoms. The molecule has 1 rings (SSSR count). The summed E-state index contributed by atoms with van der Waals surface area (Å²) in [6.45, 7) is 7.47.